The zero-order valence-corrected chi connectivity index (χ0v) is 24.8. The first-order valence-corrected chi connectivity index (χ1v) is 14.9. The molecule has 3 aromatic rings. The fourth-order valence-electron chi connectivity index (χ4n) is 4.14. The minimum absolute atomic E-state index is 0.0000135. The van der Waals surface area contributed by atoms with Crippen LogP contribution < -0.4 is 14.4 Å². The Kier molecular flexibility index (Phi) is 11.0. The highest BCUT2D eigenvalue weighted by atomic mass is 35.5. The molecular weight excluding hydrogens is 550 g/mol. The summed E-state index contributed by atoms with van der Waals surface area (Å²) in [5, 5.41) is 3.28. The summed E-state index contributed by atoms with van der Waals surface area (Å²) in [6.07, 6.45) is 1.72. The molecular formula is C30H36ClN3O5S. The van der Waals surface area contributed by atoms with E-state index in [-0.39, 0.29) is 17.3 Å². The fraction of sp³-hybridized carbons (Fsp3) is 0.333. The molecule has 0 aromatic heterocycles. The zero-order chi connectivity index (χ0) is 29.3. The second-order valence-electron chi connectivity index (χ2n) is 9.44. The molecule has 0 aliphatic heterocycles. The molecule has 0 bridgehead atoms. The van der Waals surface area contributed by atoms with Gasteiger partial charge in [-0.15, -0.1) is 0 Å². The number of halogens is 1. The maximum absolute atomic E-state index is 14.0. The number of carbonyl (C=O) groups is 2. The van der Waals surface area contributed by atoms with Gasteiger partial charge in [0.05, 0.1) is 17.7 Å². The number of benzene rings is 3. The van der Waals surface area contributed by atoms with E-state index >= 15 is 0 Å². The molecule has 0 aliphatic rings. The van der Waals surface area contributed by atoms with E-state index < -0.39 is 28.5 Å². The molecule has 3 aromatic carbocycles. The molecule has 3 rings (SSSR count). The van der Waals surface area contributed by atoms with Crippen molar-refractivity contribution in [2.75, 3.05) is 24.5 Å². The van der Waals surface area contributed by atoms with Crippen LogP contribution in [-0.2, 0) is 26.2 Å². The number of carbonyl (C=O) groups excluding carboxylic acids is 2. The third-order valence-corrected chi connectivity index (χ3v) is 8.60. The smallest absolute Gasteiger partial charge is 0.264 e. The van der Waals surface area contributed by atoms with Crippen LogP contribution in [0.25, 0.3) is 0 Å². The van der Waals surface area contributed by atoms with Gasteiger partial charge in [0, 0.05) is 18.1 Å². The van der Waals surface area contributed by atoms with Crippen LogP contribution in [0.2, 0.25) is 5.02 Å². The van der Waals surface area contributed by atoms with Crippen molar-refractivity contribution in [1.29, 1.82) is 0 Å². The van der Waals surface area contributed by atoms with Crippen molar-refractivity contribution >= 4 is 39.1 Å². The second kappa shape index (κ2) is 14.2. The number of rotatable bonds is 13. The molecule has 40 heavy (non-hydrogen) atoms. The van der Waals surface area contributed by atoms with E-state index in [0.717, 1.165) is 22.7 Å². The molecule has 10 heteroatoms. The van der Waals surface area contributed by atoms with Gasteiger partial charge in [0.15, 0.2) is 0 Å². The number of anilines is 1. The van der Waals surface area contributed by atoms with Crippen LogP contribution in [0.15, 0.2) is 77.7 Å². The van der Waals surface area contributed by atoms with Crippen LogP contribution in [0.5, 0.6) is 5.75 Å². The number of unbranched alkanes of at least 4 members (excludes halogenated alkanes) is 1. The average Bonchev–Trinajstić information content (AvgIpc) is 2.95. The third-order valence-electron chi connectivity index (χ3n) is 6.57. The van der Waals surface area contributed by atoms with Gasteiger partial charge in [0.25, 0.3) is 10.0 Å². The molecule has 8 nitrogen and oxygen atoms in total. The Labute approximate surface area is 241 Å². The van der Waals surface area contributed by atoms with Crippen molar-refractivity contribution in [1.82, 2.24) is 10.2 Å². The number of methoxy groups -OCH3 is 1. The van der Waals surface area contributed by atoms with Crippen LogP contribution >= 0.6 is 11.6 Å². The number of hydrogen-bond acceptors (Lipinski definition) is 5. The van der Waals surface area contributed by atoms with Crippen molar-refractivity contribution in [2.45, 2.75) is 51.1 Å². The summed E-state index contributed by atoms with van der Waals surface area (Å²) >= 11 is 6.00. The second-order valence-corrected chi connectivity index (χ2v) is 11.7. The molecule has 2 amide bonds. The molecule has 0 aliphatic carbocycles. The molecule has 0 saturated heterocycles. The van der Waals surface area contributed by atoms with Gasteiger partial charge in [-0.2, -0.15) is 0 Å². The van der Waals surface area contributed by atoms with Crippen molar-refractivity contribution < 1.29 is 22.7 Å². The van der Waals surface area contributed by atoms with E-state index in [0.29, 0.717) is 28.6 Å². The minimum atomic E-state index is -4.16. The zero-order valence-electron chi connectivity index (χ0n) is 23.3. The normalized spacial score (nSPS) is 11.9. The molecule has 0 radical (unpaired) electrons. The number of sulfonamides is 1. The van der Waals surface area contributed by atoms with Crippen LogP contribution in [0.1, 0.15) is 37.8 Å². The molecule has 0 fully saturated rings. The number of amides is 2. The van der Waals surface area contributed by atoms with Crippen LogP contribution in [0.4, 0.5) is 5.69 Å². The highest BCUT2D eigenvalue weighted by molar-refractivity contribution is 7.92. The number of aryl methyl sites for hydroxylation is 1. The number of hydrogen-bond donors (Lipinski definition) is 1. The van der Waals surface area contributed by atoms with Crippen molar-refractivity contribution in [3.63, 3.8) is 0 Å². The highest BCUT2D eigenvalue weighted by Gasteiger charge is 2.33. The lowest BCUT2D eigenvalue weighted by Crippen LogP contribution is -2.51. The number of para-hydroxylation sites is 1. The van der Waals surface area contributed by atoms with Gasteiger partial charge in [-0.3, -0.25) is 13.9 Å². The molecule has 0 spiro atoms. The fourth-order valence-corrected chi connectivity index (χ4v) is 5.74. The molecule has 0 heterocycles. The summed E-state index contributed by atoms with van der Waals surface area (Å²) in [6, 6.07) is 19.1. The Morgan fingerprint density at radius 1 is 1.00 bits per heavy atom. The van der Waals surface area contributed by atoms with Crippen LogP contribution in [0, 0.1) is 6.92 Å². The first-order chi connectivity index (χ1) is 19.1. The van der Waals surface area contributed by atoms with E-state index in [9.17, 15) is 18.0 Å². The summed E-state index contributed by atoms with van der Waals surface area (Å²) in [7, 11) is -2.59. The van der Waals surface area contributed by atoms with Gasteiger partial charge in [-0.25, -0.2) is 8.42 Å². The lowest BCUT2D eigenvalue weighted by atomic mass is 10.1. The summed E-state index contributed by atoms with van der Waals surface area (Å²) in [5.74, 6) is -0.167. The lowest BCUT2D eigenvalue weighted by molar-refractivity contribution is -0.139. The molecule has 1 unspecified atom stereocenters. The number of ether oxygens (including phenoxy) is 1. The SMILES string of the molecule is CCCCNC(=O)C(C)N(Cc1ccc(OC)cc1)C(=O)CN(c1ccccc1C)S(=O)(=O)c1ccc(Cl)cc1. The maximum Gasteiger partial charge on any atom is 0.264 e. The Bertz CT molecular complexity index is 1400. The van der Waals surface area contributed by atoms with Crippen molar-refractivity contribution in [3.8, 4) is 5.75 Å². The summed E-state index contributed by atoms with van der Waals surface area (Å²) in [5.41, 5.74) is 1.82. The lowest BCUT2D eigenvalue weighted by Gasteiger charge is -2.32. The van der Waals surface area contributed by atoms with E-state index in [2.05, 4.69) is 5.32 Å². The summed E-state index contributed by atoms with van der Waals surface area (Å²) in [4.78, 5) is 28.4. The third kappa shape index (κ3) is 7.76. The topological polar surface area (TPSA) is 96.0 Å². The van der Waals surface area contributed by atoms with E-state index in [4.69, 9.17) is 16.3 Å². The van der Waals surface area contributed by atoms with E-state index in [1.54, 1.807) is 57.4 Å². The standard InChI is InChI=1S/C30H36ClN3O5S/c1-5-6-19-32-30(36)23(3)33(20-24-11-15-26(39-4)16-12-24)29(35)21-34(28-10-8-7-9-22(28)2)40(37,38)27-17-13-25(31)14-18-27/h7-18,23H,5-6,19-21H2,1-4H3,(H,32,36). The van der Waals surface area contributed by atoms with Gasteiger partial charge in [-0.05, 0) is 73.9 Å². The van der Waals surface area contributed by atoms with Gasteiger partial charge >= 0.3 is 0 Å². The Hall–Kier alpha value is -3.56. The Morgan fingerprint density at radius 2 is 1.65 bits per heavy atom. The Balaban J connectivity index is 2.00. The van der Waals surface area contributed by atoms with E-state index in [1.165, 1.54) is 29.2 Å². The minimum Gasteiger partial charge on any atom is -0.497 e. The maximum atomic E-state index is 14.0. The Morgan fingerprint density at radius 3 is 2.25 bits per heavy atom. The predicted octanol–water partition coefficient (Wildman–Crippen LogP) is 5.19. The van der Waals surface area contributed by atoms with Gasteiger partial charge in [0.2, 0.25) is 11.8 Å². The highest BCUT2D eigenvalue weighted by Crippen LogP contribution is 2.28. The summed E-state index contributed by atoms with van der Waals surface area (Å²) in [6.45, 7) is 5.55. The predicted molar refractivity (Wildman–Crippen MR) is 158 cm³/mol. The largest absolute Gasteiger partial charge is 0.497 e. The molecule has 1 atom stereocenters. The van der Waals surface area contributed by atoms with Gasteiger partial charge in [0.1, 0.15) is 18.3 Å². The van der Waals surface area contributed by atoms with Crippen molar-refractivity contribution in [2.24, 2.45) is 0 Å². The van der Waals surface area contributed by atoms with Crippen LogP contribution in [-0.4, -0.2) is 51.4 Å². The molecule has 0 saturated carbocycles. The number of nitrogens with one attached hydrogen (secondary N) is 1. The molecule has 1 N–H and O–H groups in total. The number of nitrogens with zero attached hydrogens (tertiary/aromatic N) is 2. The molecule has 214 valence electrons. The van der Waals surface area contributed by atoms with E-state index in [1.807, 2.05) is 19.1 Å². The van der Waals surface area contributed by atoms with Crippen LogP contribution in [0.3, 0.4) is 0 Å². The summed E-state index contributed by atoms with van der Waals surface area (Å²) < 4.78 is 34.1. The van der Waals surface area contributed by atoms with Gasteiger partial charge < -0.3 is 15.0 Å². The first kappa shape index (κ1) is 31.0. The quantitative estimate of drug-likeness (QED) is 0.279. The van der Waals surface area contributed by atoms with Gasteiger partial charge in [-0.1, -0.05) is 55.3 Å². The monoisotopic (exact) mass is 585 g/mol. The first-order valence-electron chi connectivity index (χ1n) is 13.1. The average molecular weight is 586 g/mol. The van der Waals surface area contributed by atoms with Crippen molar-refractivity contribution in [3.05, 3.63) is 88.9 Å².